The Kier molecular flexibility index (Phi) is 2.32. The summed E-state index contributed by atoms with van der Waals surface area (Å²) in [7, 11) is 1.53. The van der Waals surface area contributed by atoms with E-state index in [9.17, 15) is 9.59 Å². The highest BCUT2D eigenvalue weighted by atomic mass is 16.5. The number of hydrogen-bond acceptors (Lipinski definition) is 4. The molecule has 0 unspecified atom stereocenters. The van der Waals surface area contributed by atoms with Crippen LogP contribution >= 0.6 is 0 Å². The summed E-state index contributed by atoms with van der Waals surface area (Å²) in [5.41, 5.74) is 0.801. The molecule has 0 atom stereocenters. The van der Waals surface area contributed by atoms with Gasteiger partial charge in [0.1, 0.15) is 0 Å². The van der Waals surface area contributed by atoms with Crippen molar-refractivity contribution < 1.29 is 14.4 Å². The highest BCUT2D eigenvalue weighted by Crippen LogP contribution is 2.15. The van der Waals surface area contributed by atoms with E-state index >= 15 is 0 Å². The van der Waals surface area contributed by atoms with E-state index < -0.39 is 11.7 Å². The minimum absolute atomic E-state index is 0.178. The molecule has 0 radical (unpaired) electrons. The quantitative estimate of drug-likeness (QED) is 0.806. The first-order chi connectivity index (χ1) is 7.59. The second-order valence-corrected chi connectivity index (χ2v) is 3.21. The van der Waals surface area contributed by atoms with Crippen molar-refractivity contribution >= 4 is 5.97 Å². The fraction of sp³-hybridized carbons (Fsp3) is 0.100. The van der Waals surface area contributed by atoms with Crippen molar-refractivity contribution in [3.63, 3.8) is 0 Å². The Hall–Kier alpha value is -2.37. The molecule has 16 heavy (non-hydrogen) atoms. The molecule has 1 aromatic heterocycles. The van der Waals surface area contributed by atoms with Crippen molar-refractivity contribution in [2.45, 2.75) is 0 Å². The van der Waals surface area contributed by atoms with Crippen LogP contribution in [0.2, 0.25) is 0 Å². The monoisotopic (exact) mass is 220 g/mol. The number of carboxylic acids is 1. The number of carbonyl (C=O) groups is 1. The van der Waals surface area contributed by atoms with Gasteiger partial charge in [-0.3, -0.25) is 9.09 Å². The van der Waals surface area contributed by atoms with E-state index in [1.807, 2.05) is 0 Å². The van der Waals surface area contributed by atoms with E-state index in [4.69, 9.17) is 5.11 Å². The second kappa shape index (κ2) is 3.65. The van der Waals surface area contributed by atoms with E-state index in [0.717, 1.165) is 0 Å². The number of benzene rings is 1. The highest BCUT2D eigenvalue weighted by Gasteiger charge is 2.10. The lowest BCUT2D eigenvalue weighted by Crippen LogP contribution is -2.10. The average molecular weight is 220 g/mol. The number of aromatic carboxylic acids is 1. The molecule has 2 rings (SSSR count). The predicted molar refractivity (Wildman–Crippen MR) is 54.1 cm³/mol. The molecule has 0 aliphatic rings. The minimum Gasteiger partial charge on any atom is -0.478 e. The zero-order valence-corrected chi connectivity index (χ0v) is 8.38. The van der Waals surface area contributed by atoms with E-state index in [0.29, 0.717) is 11.4 Å². The Morgan fingerprint density at radius 2 is 2.00 bits per heavy atom. The number of rotatable bonds is 2. The summed E-state index contributed by atoms with van der Waals surface area (Å²) in [6.07, 6.45) is 0. The van der Waals surface area contributed by atoms with Crippen molar-refractivity contribution in [3.05, 3.63) is 40.4 Å². The fourth-order valence-corrected chi connectivity index (χ4v) is 1.30. The van der Waals surface area contributed by atoms with Gasteiger partial charge in [-0.25, -0.2) is 9.59 Å². The maximum absolute atomic E-state index is 11.0. The molecule has 0 amide bonds. The Labute approximate surface area is 89.7 Å². The van der Waals surface area contributed by atoms with Crippen molar-refractivity contribution in [1.29, 1.82) is 0 Å². The largest absolute Gasteiger partial charge is 0.478 e. The average Bonchev–Trinajstić information content (AvgIpc) is 2.60. The Morgan fingerprint density at radius 3 is 2.44 bits per heavy atom. The second-order valence-electron chi connectivity index (χ2n) is 3.21. The van der Waals surface area contributed by atoms with Gasteiger partial charge in [0.2, 0.25) is 0 Å². The van der Waals surface area contributed by atoms with Crippen molar-refractivity contribution in [2.24, 2.45) is 7.05 Å². The summed E-state index contributed by atoms with van der Waals surface area (Å²) in [4.78, 5) is 21.7. The molecular formula is C10H8N2O4. The van der Waals surface area contributed by atoms with Gasteiger partial charge in [0.15, 0.2) is 5.82 Å². The molecule has 0 fully saturated rings. The van der Waals surface area contributed by atoms with Gasteiger partial charge in [-0.05, 0) is 12.1 Å². The molecule has 0 aliphatic carbocycles. The zero-order chi connectivity index (χ0) is 11.7. The fourth-order valence-electron chi connectivity index (χ4n) is 1.30. The van der Waals surface area contributed by atoms with Crippen LogP contribution in [0, 0.1) is 0 Å². The van der Waals surface area contributed by atoms with Crippen LogP contribution < -0.4 is 5.76 Å². The van der Waals surface area contributed by atoms with Crippen LogP contribution in [0.25, 0.3) is 11.4 Å². The SMILES string of the molecule is Cn1c(-c2ccc(C(=O)O)cc2)noc1=O. The third kappa shape index (κ3) is 1.60. The summed E-state index contributed by atoms with van der Waals surface area (Å²) < 4.78 is 5.71. The van der Waals surface area contributed by atoms with Gasteiger partial charge in [-0.2, -0.15) is 0 Å². The van der Waals surface area contributed by atoms with Crippen LogP contribution in [0.15, 0.2) is 33.6 Å². The molecule has 82 valence electrons. The summed E-state index contributed by atoms with van der Waals surface area (Å²) in [5, 5.41) is 12.3. The maximum Gasteiger partial charge on any atom is 0.441 e. The molecule has 0 saturated heterocycles. The summed E-state index contributed by atoms with van der Waals surface area (Å²) in [6, 6.07) is 6.02. The molecule has 0 aliphatic heterocycles. The normalized spacial score (nSPS) is 10.3. The van der Waals surface area contributed by atoms with Crippen LogP contribution in [-0.2, 0) is 7.05 Å². The topological polar surface area (TPSA) is 85.3 Å². The standard InChI is InChI=1S/C10H8N2O4/c1-12-8(11-16-10(12)15)6-2-4-7(5-3-6)9(13)14/h2-5H,1H3,(H,13,14). The Morgan fingerprint density at radius 1 is 1.38 bits per heavy atom. The summed E-state index contributed by atoms with van der Waals surface area (Å²) in [6.45, 7) is 0. The molecular weight excluding hydrogens is 212 g/mol. The molecule has 0 bridgehead atoms. The lowest BCUT2D eigenvalue weighted by molar-refractivity contribution is 0.0697. The number of carboxylic acid groups (broad SMARTS) is 1. The van der Waals surface area contributed by atoms with E-state index in [-0.39, 0.29) is 5.56 Å². The number of hydrogen-bond donors (Lipinski definition) is 1. The van der Waals surface area contributed by atoms with Gasteiger partial charge in [0.05, 0.1) is 5.56 Å². The van der Waals surface area contributed by atoms with Gasteiger partial charge < -0.3 is 5.11 Å². The first-order valence-electron chi connectivity index (χ1n) is 4.46. The van der Waals surface area contributed by atoms with Crippen molar-refractivity contribution in [2.75, 3.05) is 0 Å². The first-order valence-corrected chi connectivity index (χ1v) is 4.46. The summed E-state index contributed by atoms with van der Waals surface area (Å²) in [5.74, 6) is -1.19. The number of aromatic nitrogens is 2. The van der Waals surface area contributed by atoms with Crippen molar-refractivity contribution in [3.8, 4) is 11.4 Å². The predicted octanol–water partition coefficient (Wildman–Crippen LogP) is 0.738. The van der Waals surface area contributed by atoms with Crippen molar-refractivity contribution in [1.82, 2.24) is 9.72 Å². The Bertz CT molecular complexity index is 580. The summed E-state index contributed by atoms with van der Waals surface area (Å²) >= 11 is 0. The molecule has 1 heterocycles. The highest BCUT2D eigenvalue weighted by molar-refractivity contribution is 5.88. The number of nitrogens with zero attached hydrogens (tertiary/aromatic N) is 2. The molecule has 1 aromatic carbocycles. The first kappa shape index (κ1) is 10.2. The smallest absolute Gasteiger partial charge is 0.441 e. The van der Waals surface area contributed by atoms with Crippen LogP contribution in [0.5, 0.6) is 0 Å². The van der Waals surface area contributed by atoms with Gasteiger partial charge >= 0.3 is 11.7 Å². The zero-order valence-electron chi connectivity index (χ0n) is 8.38. The maximum atomic E-state index is 11.0. The van der Waals surface area contributed by atoms with E-state index in [2.05, 4.69) is 9.68 Å². The third-order valence-electron chi connectivity index (χ3n) is 2.19. The Balaban J connectivity index is 2.46. The van der Waals surface area contributed by atoms with Crippen LogP contribution in [0.3, 0.4) is 0 Å². The molecule has 1 N–H and O–H groups in total. The minimum atomic E-state index is -0.999. The van der Waals surface area contributed by atoms with Gasteiger partial charge in [-0.15, -0.1) is 0 Å². The van der Waals surface area contributed by atoms with Gasteiger partial charge in [0, 0.05) is 12.6 Å². The molecule has 6 heteroatoms. The van der Waals surface area contributed by atoms with Crippen LogP contribution in [0.1, 0.15) is 10.4 Å². The molecule has 0 spiro atoms. The van der Waals surface area contributed by atoms with E-state index in [1.54, 1.807) is 12.1 Å². The van der Waals surface area contributed by atoms with Gasteiger partial charge in [0.25, 0.3) is 0 Å². The van der Waals surface area contributed by atoms with E-state index in [1.165, 1.54) is 23.7 Å². The molecule has 6 nitrogen and oxygen atoms in total. The third-order valence-corrected chi connectivity index (χ3v) is 2.19. The van der Waals surface area contributed by atoms with Crippen LogP contribution in [0.4, 0.5) is 0 Å². The molecule has 0 saturated carbocycles. The lowest BCUT2D eigenvalue weighted by atomic mass is 10.1. The lowest BCUT2D eigenvalue weighted by Gasteiger charge is -1.99. The van der Waals surface area contributed by atoms with Crippen LogP contribution in [-0.4, -0.2) is 20.8 Å². The van der Waals surface area contributed by atoms with Gasteiger partial charge in [-0.1, -0.05) is 17.3 Å². The molecule has 2 aromatic rings.